The molecule has 0 unspecified atom stereocenters. The Morgan fingerprint density at radius 3 is 2.79 bits per heavy atom. The number of carbonyl (C=O) groups is 1. The highest BCUT2D eigenvalue weighted by atomic mass is 16.6. The van der Waals surface area contributed by atoms with Crippen molar-refractivity contribution in [3.63, 3.8) is 0 Å². The van der Waals surface area contributed by atoms with E-state index in [0.717, 1.165) is 18.6 Å². The second kappa shape index (κ2) is 8.14. The Labute approximate surface area is 167 Å². The van der Waals surface area contributed by atoms with Crippen molar-refractivity contribution in [3.05, 3.63) is 99.0 Å². The monoisotopic (exact) mass is 389 g/mol. The number of rotatable bonds is 7. The van der Waals surface area contributed by atoms with Crippen molar-refractivity contribution in [2.45, 2.75) is 25.9 Å². The van der Waals surface area contributed by atoms with E-state index in [-0.39, 0.29) is 17.9 Å². The van der Waals surface area contributed by atoms with Crippen LogP contribution < -0.4 is 4.74 Å². The van der Waals surface area contributed by atoms with Crippen LogP contribution in [0.2, 0.25) is 0 Å². The fourth-order valence-electron chi connectivity index (χ4n) is 3.44. The quantitative estimate of drug-likeness (QED) is 0.241. The maximum Gasteiger partial charge on any atom is 0.280 e. The number of furan rings is 1. The fourth-order valence-corrected chi connectivity index (χ4v) is 3.44. The molecular weight excluding hydrogens is 370 g/mol. The third-order valence-electron chi connectivity index (χ3n) is 4.90. The molecule has 0 N–H and O–H groups in total. The second-order valence-electron chi connectivity index (χ2n) is 6.85. The van der Waals surface area contributed by atoms with Crippen molar-refractivity contribution in [1.29, 1.82) is 0 Å². The van der Waals surface area contributed by atoms with Crippen LogP contribution in [-0.4, -0.2) is 10.7 Å². The van der Waals surface area contributed by atoms with E-state index in [9.17, 15) is 14.9 Å². The lowest BCUT2D eigenvalue weighted by molar-refractivity contribution is -0.385. The molecule has 29 heavy (non-hydrogen) atoms. The van der Waals surface area contributed by atoms with Gasteiger partial charge in [0.05, 0.1) is 10.5 Å². The SMILES string of the molecule is O=C(/C=C/c1ccc(COc2ccc3c(c2)CCC3)o1)c1ccccc1[N+](=O)[O-]. The summed E-state index contributed by atoms with van der Waals surface area (Å²) in [6.45, 7) is 0.282. The third kappa shape index (κ3) is 4.27. The summed E-state index contributed by atoms with van der Waals surface area (Å²) in [5, 5.41) is 11.1. The van der Waals surface area contributed by atoms with Crippen molar-refractivity contribution in [2.24, 2.45) is 0 Å². The van der Waals surface area contributed by atoms with Gasteiger partial charge in [0.2, 0.25) is 0 Å². The number of aryl methyl sites for hydroxylation is 2. The minimum absolute atomic E-state index is 0.0421. The minimum atomic E-state index is -0.567. The van der Waals surface area contributed by atoms with Crippen LogP contribution in [0.3, 0.4) is 0 Å². The zero-order valence-corrected chi connectivity index (χ0v) is 15.7. The lowest BCUT2D eigenvalue weighted by Crippen LogP contribution is -2.00. The van der Waals surface area contributed by atoms with E-state index in [1.807, 2.05) is 6.07 Å². The second-order valence-corrected chi connectivity index (χ2v) is 6.85. The summed E-state index contributed by atoms with van der Waals surface area (Å²) >= 11 is 0. The summed E-state index contributed by atoms with van der Waals surface area (Å²) in [5.74, 6) is 1.46. The predicted molar refractivity (Wildman–Crippen MR) is 108 cm³/mol. The fraction of sp³-hybridized carbons (Fsp3) is 0.174. The van der Waals surface area contributed by atoms with Crippen molar-refractivity contribution in [3.8, 4) is 5.75 Å². The molecule has 6 nitrogen and oxygen atoms in total. The zero-order valence-electron chi connectivity index (χ0n) is 15.7. The van der Waals surface area contributed by atoms with Crippen molar-refractivity contribution >= 4 is 17.5 Å². The van der Waals surface area contributed by atoms with Crippen LogP contribution in [-0.2, 0) is 19.4 Å². The number of nitro benzene ring substituents is 1. The van der Waals surface area contributed by atoms with Crippen LogP contribution in [0.25, 0.3) is 6.08 Å². The number of benzene rings is 2. The smallest absolute Gasteiger partial charge is 0.280 e. The van der Waals surface area contributed by atoms with Crippen LogP contribution in [0, 0.1) is 10.1 Å². The summed E-state index contributed by atoms with van der Waals surface area (Å²) in [5.41, 5.74) is 2.57. The number of nitrogens with zero attached hydrogens (tertiary/aromatic N) is 1. The minimum Gasteiger partial charge on any atom is -0.486 e. The van der Waals surface area contributed by atoms with Crippen molar-refractivity contribution in [2.75, 3.05) is 0 Å². The number of hydrogen-bond donors (Lipinski definition) is 0. The Morgan fingerprint density at radius 2 is 1.93 bits per heavy atom. The highest BCUT2D eigenvalue weighted by Crippen LogP contribution is 2.26. The molecule has 0 fully saturated rings. The van der Waals surface area contributed by atoms with Gasteiger partial charge >= 0.3 is 0 Å². The molecule has 4 rings (SSSR count). The molecule has 1 aliphatic rings. The maximum absolute atomic E-state index is 12.3. The lowest BCUT2D eigenvalue weighted by atomic mass is 10.1. The Hall–Kier alpha value is -3.67. The van der Waals surface area contributed by atoms with Gasteiger partial charge in [-0.1, -0.05) is 18.2 Å². The molecule has 0 radical (unpaired) electrons. The Balaban J connectivity index is 1.39. The summed E-state index contributed by atoms with van der Waals surface area (Å²) in [4.78, 5) is 22.8. The Bertz CT molecular complexity index is 1100. The zero-order chi connectivity index (χ0) is 20.2. The molecule has 1 heterocycles. The third-order valence-corrected chi connectivity index (χ3v) is 4.90. The van der Waals surface area contributed by atoms with E-state index in [2.05, 4.69) is 12.1 Å². The number of fused-ring (bicyclic) bond motifs is 1. The number of hydrogen-bond acceptors (Lipinski definition) is 5. The molecule has 6 heteroatoms. The molecule has 0 spiro atoms. The first-order chi connectivity index (χ1) is 14.1. The molecule has 146 valence electrons. The summed E-state index contributed by atoms with van der Waals surface area (Å²) in [6.07, 6.45) is 6.19. The van der Waals surface area contributed by atoms with Crippen LogP contribution in [0.15, 0.2) is 65.1 Å². The molecule has 0 amide bonds. The first-order valence-corrected chi connectivity index (χ1v) is 9.39. The average Bonchev–Trinajstić information content (AvgIpc) is 3.39. The molecule has 0 bridgehead atoms. The predicted octanol–water partition coefficient (Wildman–Crippen LogP) is 5.15. The van der Waals surface area contributed by atoms with Gasteiger partial charge in [0.25, 0.3) is 5.69 Å². The molecule has 3 aromatic rings. The number of carbonyl (C=O) groups excluding carboxylic acids is 1. The van der Waals surface area contributed by atoms with Crippen molar-refractivity contribution in [1.82, 2.24) is 0 Å². The molecule has 0 saturated carbocycles. The number of ether oxygens (including phenoxy) is 1. The first kappa shape index (κ1) is 18.7. The van der Waals surface area contributed by atoms with E-state index in [1.54, 1.807) is 18.2 Å². The van der Waals surface area contributed by atoms with Gasteiger partial charge in [0.1, 0.15) is 23.9 Å². The number of ketones is 1. The first-order valence-electron chi connectivity index (χ1n) is 9.39. The standard InChI is InChI=1S/C23H19NO5/c25-23(21-6-1-2-7-22(21)24(26)27)13-12-18-10-11-20(29-18)15-28-19-9-8-16-4-3-5-17(16)14-19/h1-2,6-14H,3-5,15H2/b13-12+. The molecule has 2 aromatic carbocycles. The Kier molecular flexibility index (Phi) is 5.24. The van der Waals surface area contributed by atoms with Crippen LogP contribution in [0.5, 0.6) is 5.75 Å². The molecule has 0 aliphatic heterocycles. The van der Waals surface area contributed by atoms with Gasteiger partial charge in [-0.25, -0.2) is 0 Å². The van der Waals surface area contributed by atoms with Gasteiger partial charge < -0.3 is 9.15 Å². The van der Waals surface area contributed by atoms with Gasteiger partial charge in [-0.05, 0) is 72.9 Å². The van der Waals surface area contributed by atoms with Gasteiger partial charge in [-0.2, -0.15) is 0 Å². The van der Waals surface area contributed by atoms with E-state index in [0.29, 0.717) is 11.5 Å². The van der Waals surface area contributed by atoms with Gasteiger partial charge in [-0.3, -0.25) is 14.9 Å². The molecule has 1 aromatic heterocycles. The largest absolute Gasteiger partial charge is 0.486 e. The summed E-state index contributed by atoms with van der Waals surface area (Å²) < 4.78 is 11.5. The molecular formula is C23H19NO5. The maximum atomic E-state index is 12.3. The van der Waals surface area contributed by atoms with Crippen LogP contribution >= 0.6 is 0 Å². The number of nitro groups is 1. The van der Waals surface area contributed by atoms with Gasteiger partial charge in [0, 0.05) is 6.07 Å². The summed E-state index contributed by atoms with van der Waals surface area (Å²) in [7, 11) is 0. The van der Waals surface area contributed by atoms with Gasteiger partial charge in [-0.15, -0.1) is 0 Å². The van der Waals surface area contributed by atoms with E-state index < -0.39 is 10.7 Å². The van der Waals surface area contributed by atoms with E-state index >= 15 is 0 Å². The molecule has 0 saturated heterocycles. The van der Waals surface area contributed by atoms with Gasteiger partial charge in [0.15, 0.2) is 5.78 Å². The topological polar surface area (TPSA) is 82.6 Å². The summed E-state index contributed by atoms with van der Waals surface area (Å²) in [6, 6.07) is 15.5. The normalized spacial score (nSPS) is 12.8. The van der Waals surface area contributed by atoms with Crippen LogP contribution in [0.1, 0.15) is 39.4 Å². The molecule has 1 aliphatic carbocycles. The van der Waals surface area contributed by atoms with E-state index in [4.69, 9.17) is 9.15 Å². The van der Waals surface area contributed by atoms with Crippen LogP contribution in [0.4, 0.5) is 5.69 Å². The molecule has 0 atom stereocenters. The highest BCUT2D eigenvalue weighted by Gasteiger charge is 2.17. The Morgan fingerprint density at radius 1 is 1.10 bits per heavy atom. The highest BCUT2D eigenvalue weighted by molar-refractivity contribution is 6.09. The average molecular weight is 389 g/mol. The number of para-hydroxylation sites is 1. The van der Waals surface area contributed by atoms with E-state index in [1.165, 1.54) is 47.9 Å². The lowest BCUT2D eigenvalue weighted by Gasteiger charge is -2.06. The van der Waals surface area contributed by atoms with Crippen molar-refractivity contribution < 1.29 is 18.9 Å². The number of allylic oxidation sites excluding steroid dienone is 1.